The van der Waals surface area contributed by atoms with Crippen molar-refractivity contribution in [3.8, 4) is 0 Å². The number of ether oxygens (including phenoxy) is 1. The van der Waals surface area contributed by atoms with Gasteiger partial charge in [0.15, 0.2) is 5.76 Å². The molecule has 0 aliphatic carbocycles. The molecular weight excluding hydrogens is 190 g/mol. The topological polar surface area (TPSA) is 29.5 Å². The molecular formula is C12H21NO2. The molecule has 0 saturated heterocycles. The number of hydrogen-bond acceptors (Lipinski definition) is 3. The van der Waals surface area contributed by atoms with Crippen molar-refractivity contribution in [2.75, 3.05) is 19.7 Å². The fraction of sp³-hybridized carbons (Fsp3) is 0.750. The van der Waals surface area contributed by atoms with Gasteiger partial charge in [-0.15, -0.1) is 0 Å². The van der Waals surface area contributed by atoms with E-state index in [1.165, 1.54) is 0 Å². The Morgan fingerprint density at radius 2 is 2.07 bits per heavy atom. The summed E-state index contributed by atoms with van der Waals surface area (Å²) in [5.41, 5.74) is -0.459. The maximum Gasteiger partial charge on any atom is 0.216 e. The summed E-state index contributed by atoms with van der Waals surface area (Å²) >= 11 is 0. The predicted octanol–water partition coefficient (Wildman–Crippen LogP) is 1.98. The third-order valence-corrected chi connectivity index (χ3v) is 3.04. The molecule has 0 unspecified atom stereocenters. The van der Waals surface area contributed by atoms with Gasteiger partial charge in [0.2, 0.25) is 5.78 Å². The molecule has 0 aromatic carbocycles. The molecule has 0 aromatic rings. The van der Waals surface area contributed by atoms with Gasteiger partial charge in [-0.25, -0.2) is 0 Å². The highest BCUT2D eigenvalue weighted by Crippen LogP contribution is 2.22. The molecule has 1 rings (SSSR count). The Labute approximate surface area is 92.1 Å². The summed E-state index contributed by atoms with van der Waals surface area (Å²) in [5.74, 6) is 0.649. The van der Waals surface area contributed by atoms with Gasteiger partial charge in [-0.1, -0.05) is 13.8 Å². The van der Waals surface area contributed by atoms with E-state index in [1.807, 2.05) is 19.9 Å². The van der Waals surface area contributed by atoms with Crippen molar-refractivity contribution in [3.63, 3.8) is 0 Å². The van der Waals surface area contributed by atoms with E-state index in [2.05, 4.69) is 18.7 Å². The van der Waals surface area contributed by atoms with Crippen LogP contribution in [0.25, 0.3) is 0 Å². The van der Waals surface area contributed by atoms with Crippen molar-refractivity contribution in [3.05, 3.63) is 11.8 Å². The first-order valence-corrected chi connectivity index (χ1v) is 5.66. The summed E-state index contributed by atoms with van der Waals surface area (Å²) in [7, 11) is 0. The van der Waals surface area contributed by atoms with Crippen LogP contribution in [0.1, 0.15) is 34.1 Å². The highest BCUT2D eigenvalue weighted by atomic mass is 16.5. The molecule has 0 radical (unpaired) electrons. The van der Waals surface area contributed by atoms with Crippen LogP contribution in [-0.4, -0.2) is 35.9 Å². The summed E-state index contributed by atoms with van der Waals surface area (Å²) in [5, 5.41) is 0. The zero-order chi connectivity index (χ0) is 11.5. The van der Waals surface area contributed by atoms with Crippen LogP contribution in [0.2, 0.25) is 0 Å². The monoisotopic (exact) mass is 211 g/mol. The van der Waals surface area contributed by atoms with Gasteiger partial charge in [-0.3, -0.25) is 9.69 Å². The molecule has 0 bridgehead atoms. The molecule has 0 spiro atoms. The van der Waals surface area contributed by atoms with Crippen LogP contribution in [0.4, 0.5) is 0 Å². The van der Waals surface area contributed by atoms with Gasteiger partial charge in [-0.2, -0.15) is 0 Å². The lowest BCUT2D eigenvalue weighted by Crippen LogP contribution is -2.50. The zero-order valence-corrected chi connectivity index (χ0v) is 10.2. The quantitative estimate of drug-likeness (QED) is 0.696. The number of carbonyl (C=O) groups excluding carboxylic acids is 1. The highest BCUT2D eigenvalue weighted by Gasteiger charge is 2.36. The maximum atomic E-state index is 12.2. The maximum absolute atomic E-state index is 12.2. The molecule has 0 fully saturated rings. The molecule has 1 aliphatic heterocycles. The Bertz CT molecular complexity index is 265. The zero-order valence-electron chi connectivity index (χ0n) is 10.2. The van der Waals surface area contributed by atoms with E-state index in [0.717, 1.165) is 19.5 Å². The van der Waals surface area contributed by atoms with E-state index >= 15 is 0 Å². The van der Waals surface area contributed by atoms with Crippen molar-refractivity contribution in [1.82, 2.24) is 4.90 Å². The molecule has 0 aromatic heterocycles. The first-order valence-electron chi connectivity index (χ1n) is 5.66. The number of ketones is 1. The fourth-order valence-electron chi connectivity index (χ4n) is 2.04. The second-order valence-corrected chi connectivity index (χ2v) is 4.27. The van der Waals surface area contributed by atoms with Crippen LogP contribution in [0.5, 0.6) is 0 Å². The first-order chi connectivity index (χ1) is 7.04. The Hall–Kier alpha value is -0.830. The molecule has 0 amide bonds. The SMILES string of the molecule is CCN(CC)C(C)(C)C(=O)C1=CCCO1. The van der Waals surface area contributed by atoms with Crippen molar-refractivity contribution >= 4 is 5.78 Å². The van der Waals surface area contributed by atoms with Gasteiger partial charge >= 0.3 is 0 Å². The summed E-state index contributed by atoms with van der Waals surface area (Å²) in [6.07, 6.45) is 2.75. The second kappa shape index (κ2) is 4.79. The summed E-state index contributed by atoms with van der Waals surface area (Å²) in [6, 6.07) is 0. The smallest absolute Gasteiger partial charge is 0.216 e. The number of nitrogens with zero attached hydrogens (tertiary/aromatic N) is 1. The van der Waals surface area contributed by atoms with Crippen LogP contribution in [0, 0.1) is 0 Å². The second-order valence-electron chi connectivity index (χ2n) is 4.27. The minimum Gasteiger partial charge on any atom is -0.490 e. The van der Waals surface area contributed by atoms with Gasteiger partial charge in [0.1, 0.15) is 0 Å². The van der Waals surface area contributed by atoms with E-state index in [1.54, 1.807) is 0 Å². The highest BCUT2D eigenvalue weighted by molar-refractivity contribution is 6.00. The number of hydrogen-bond donors (Lipinski definition) is 0. The Morgan fingerprint density at radius 1 is 1.47 bits per heavy atom. The standard InChI is InChI=1S/C12H21NO2/c1-5-13(6-2)12(3,4)11(14)10-8-7-9-15-10/h8H,5-7,9H2,1-4H3. The van der Waals surface area contributed by atoms with Crippen molar-refractivity contribution in [2.45, 2.75) is 39.7 Å². The van der Waals surface area contributed by atoms with E-state index in [4.69, 9.17) is 4.74 Å². The van der Waals surface area contributed by atoms with Crippen LogP contribution < -0.4 is 0 Å². The normalized spacial score (nSPS) is 16.5. The molecule has 3 heteroatoms. The largest absolute Gasteiger partial charge is 0.490 e. The van der Waals surface area contributed by atoms with E-state index in [-0.39, 0.29) is 5.78 Å². The van der Waals surface area contributed by atoms with E-state index in [0.29, 0.717) is 12.4 Å². The summed E-state index contributed by atoms with van der Waals surface area (Å²) in [6.45, 7) is 10.5. The number of rotatable bonds is 5. The van der Waals surface area contributed by atoms with Crippen LogP contribution in [0.3, 0.4) is 0 Å². The average Bonchev–Trinajstić information content (AvgIpc) is 2.70. The lowest BCUT2D eigenvalue weighted by molar-refractivity contribution is -0.128. The third-order valence-electron chi connectivity index (χ3n) is 3.04. The van der Waals surface area contributed by atoms with E-state index < -0.39 is 5.54 Å². The van der Waals surface area contributed by atoms with Gasteiger partial charge in [-0.05, 0) is 33.0 Å². The Morgan fingerprint density at radius 3 is 2.47 bits per heavy atom. The van der Waals surface area contributed by atoms with Crippen LogP contribution in [0.15, 0.2) is 11.8 Å². The van der Waals surface area contributed by atoms with Crippen molar-refractivity contribution in [1.29, 1.82) is 0 Å². The fourth-order valence-corrected chi connectivity index (χ4v) is 2.04. The van der Waals surface area contributed by atoms with E-state index in [9.17, 15) is 4.79 Å². The minimum absolute atomic E-state index is 0.101. The van der Waals surface area contributed by atoms with Crippen molar-refractivity contribution in [2.24, 2.45) is 0 Å². The molecule has 0 saturated carbocycles. The molecule has 15 heavy (non-hydrogen) atoms. The summed E-state index contributed by atoms with van der Waals surface area (Å²) in [4.78, 5) is 14.3. The predicted molar refractivity (Wildman–Crippen MR) is 60.7 cm³/mol. The number of Topliss-reactive ketones (excluding diaryl/α,β-unsaturated/α-hetero) is 1. The minimum atomic E-state index is -0.459. The third kappa shape index (κ3) is 2.40. The molecule has 1 heterocycles. The molecule has 1 aliphatic rings. The summed E-state index contributed by atoms with van der Waals surface area (Å²) < 4.78 is 5.33. The van der Waals surface area contributed by atoms with Gasteiger partial charge in [0.25, 0.3) is 0 Å². The molecule has 0 atom stereocenters. The number of carbonyl (C=O) groups is 1. The number of likely N-dealkylation sites (N-methyl/N-ethyl adjacent to an activating group) is 1. The lowest BCUT2D eigenvalue weighted by Gasteiger charge is -2.35. The molecule has 0 N–H and O–H groups in total. The van der Waals surface area contributed by atoms with Gasteiger partial charge in [0, 0.05) is 6.42 Å². The van der Waals surface area contributed by atoms with Crippen LogP contribution >= 0.6 is 0 Å². The Balaban J connectivity index is 2.79. The van der Waals surface area contributed by atoms with Crippen molar-refractivity contribution < 1.29 is 9.53 Å². The molecule has 3 nitrogen and oxygen atoms in total. The first kappa shape index (κ1) is 12.2. The van der Waals surface area contributed by atoms with Gasteiger partial charge < -0.3 is 4.74 Å². The van der Waals surface area contributed by atoms with Gasteiger partial charge in [0.05, 0.1) is 12.1 Å². The lowest BCUT2D eigenvalue weighted by atomic mass is 9.95. The molecule has 86 valence electrons. The van der Waals surface area contributed by atoms with Crippen LogP contribution in [-0.2, 0) is 9.53 Å². The Kier molecular flexibility index (Phi) is 3.91. The average molecular weight is 211 g/mol.